The fourth-order valence-corrected chi connectivity index (χ4v) is 1.74. The highest BCUT2D eigenvalue weighted by molar-refractivity contribution is 5.81. The lowest BCUT2D eigenvalue weighted by Crippen LogP contribution is -2.40. The highest BCUT2D eigenvalue weighted by Gasteiger charge is 2.41. The maximum atomic E-state index is 12.3. The first-order valence-corrected chi connectivity index (χ1v) is 6.10. The van der Waals surface area contributed by atoms with Crippen molar-refractivity contribution in [2.45, 2.75) is 19.6 Å². The van der Waals surface area contributed by atoms with Crippen LogP contribution in [0.2, 0.25) is 0 Å². The summed E-state index contributed by atoms with van der Waals surface area (Å²) in [6.07, 6.45) is -4.20. The molecule has 0 aliphatic heterocycles. The Bertz CT molecular complexity index is 744. The number of hydrogen-bond acceptors (Lipinski definition) is 5. The van der Waals surface area contributed by atoms with Gasteiger partial charge in [0, 0.05) is 13.2 Å². The van der Waals surface area contributed by atoms with Gasteiger partial charge in [0.15, 0.2) is 0 Å². The van der Waals surface area contributed by atoms with Gasteiger partial charge in [0.1, 0.15) is 5.76 Å². The number of halogens is 3. The molecule has 0 aromatic carbocycles. The van der Waals surface area contributed by atoms with Crippen LogP contribution in [0.15, 0.2) is 21.5 Å². The molecular formula is C12H14F3N3O5. The van der Waals surface area contributed by atoms with E-state index in [0.717, 1.165) is 20.4 Å². The van der Waals surface area contributed by atoms with E-state index in [1.54, 1.807) is 0 Å². The number of hydrogen-bond donors (Lipinski definition) is 2. The number of allylic oxidation sites excluding steroid dienone is 1. The maximum Gasteiger partial charge on any atom is 0.471 e. The zero-order valence-electron chi connectivity index (χ0n) is 12.4. The molecule has 2 N–H and O–H groups in total. The van der Waals surface area contributed by atoms with E-state index in [2.05, 4.69) is 0 Å². The number of methoxy groups -OCH3 is 1. The Labute approximate surface area is 127 Å². The van der Waals surface area contributed by atoms with E-state index in [-0.39, 0.29) is 16.3 Å². The predicted molar refractivity (Wildman–Crippen MR) is 72.4 cm³/mol. The molecule has 0 aliphatic rings. The molecule has 0 unspecified atom stereocenters. The molecular weight excluding hydrogens is 323 g/mol. The standard InChI is InChI=1S/C12H14F3N3O5/c1-6(19)9(23-3)18-5-7(8(20)16-11(18)22)4-17(2)10(21)12(13,14)15/h5,19H,4H2,1-3H3,(H,16,20,22)/b9-6+. The molecule has 128 valence electrons. The summed E-state index contributed by atoms with van der Waals surface area (Å²) in [6.45, 7) is 0.505. The van der Waals surface area contributed by atoms with Crippen LogP contribution in [0.3, 0.4) is 0 Å². The van der Waals surface area contributed by atoms with Crippen molar-refractivity contribution in [3.05, 3.63) is 38.4 Å². The molecule has 1 rings (SSSR count). The van der Waals surface area contributed by atoms with Crippen LogP contribution in [-0.2, 0) is 16.1 Å². The Kier molecular flexibility index (Phi) is 5.25. The smallest absolute Gasteiger partial charge is 0.471 e. The van der Waals surface area contributed by atoms with Gasteiger partial charge >= 0.3 is 17.8 Å². The van der Waals surface area contributed by atoms with Gasteiger partial charge in [-0.25, -0.2) is 9.36 Å². The van der Waals surface area contributed by atoms with Gasteiger partial charge in [-0.15, -0.1) is 0 Å². The molecule has 0 saturated heterocycles. The quantitative estimate of drug-likeness (QED) is 0.774. The van der Waals surface area contributed by atoms with Crippen molar-refractivity contribution < 1.29 is 27.8 Å². The third-order valence-corrected chi connectivity index (χ3v) is 2.73. The summed E-state index contributed by atoms with van der Waals surface area (Å²) in [5.41, 5.74) is -2.23. The number of aliphatic hydroxyl groups is 1. The second-order valence-electron chi connectivity index (χ2n) is 4.54. The van der Waals surface area contributed by atoms with E-state index < -0.39 is 35.6 Å². The largest absolute Gasteiger partial charge is 0.507 e. The van der Waals surface area contributed by atoms with Crippen molar-refractivity contribution in [3.63, 3.8) is 0 Å². The number of aromatic amines is 1. The van der Waals surface area contributed by atoms with Crippen LogP contribution in [-0.4, -0.2) is 45.8 Å². The van der Waals surface area contributed by atoms with Gasteiger partial charge < -0.3 is 14.7 Å². The normalized spacial score (nSPS) is 12.6. The summed E-state index contributed by atoms with van der Waals surface area (Å²) in [5.74, 6) is -2.86. The summed E-state index contributed by atoms with van der Waals surface area (Å²) >= 11 is 0. The van der Waals surface area contributed by atoms with E-state index in [4.69, 9.17) is 4.74 Å². The summed E-state index contributed by atoms with van der Waals surface area (Å²) < 4.78 is 42.5. The number of carbonyl (C=O) groups is 1. The molecule has 1 amide bonds. The Morgan fingerprint density at radius 2 is 2.00 bits per heavy atom. The summed E-state index contributed by atoms with van der Waals surface area (Å²) in [6, 6.07) is 0. The van der Waals surface area contributed by atoms with Crippen molar-refractivity contribution >= 4 is 11.8 Å². The maximum absolute atomic E-state index is 12.3. The predicted octanol–water partition coefficient (Wildman–Crippen LogP) is 0.408. The van der Waals surface area contributed by atoms with Crippen LogP contribution in [0, 0.1) is 0 Å². The zero-order valence-corrected chi connectivity index (χ0v) is 12.4. The monoisotopic (exact) mass is 337 g/mol. The lowest BCUT2D eigenvalue weighted by Gasteiger charge is -2.19. The van der Waals surface area contributed by atoms with E-state index in [1.165, 1.54) is 6.92 Å². The van der Waals surface area contributed by atoms with Crippen molar-refractivity contribution in [2.75, 3.05) is 14.2 Å². The topological polar surface area (TPSA) is 105 Å². The van der Waals surface area contributed by atoms with E-state index in [9.17, 15) is 32.7 Å². The zero-order chi connectivity index (χ0) is 17.9. The number of ether oxygens (including phenoxy) is 1. The van der Waals surface area contributed by atoms with Crippen LogP contribution in [0.1, 0.15) is 12.5 Å². The van der Waals surface area contributed by atoms with Crippen LogP contribution in [0.25, 0.3) is 5.88 Å². The third-order valence-electron chi connectivity index (χ3n) is 2.73. The molecule has 23 heavy (non-hydrogen) atoms. The highest BCUT2D eigenvalue weighted by atomic mass is 19.4. The second kappa shape index (κ2) is 6.58. The molecule has 0 atom stereocenters. The molecule has 0 saturated carbocycles. The van der Waals surface area contributed by atoms with Gasteiger partial charge in [-0.3, -0.25) is 14.6 Å². The summed E-state index contributed by atoms with van der Waals surface area (Å²) in [4.78, 5) is 36.6. The van der Waals surface area contributed by atoms with Crippen LogP contribution >= 0.6 is 0 Å². The minimum absolute atomic E-state index is 0.279. The number of nitrogens with one attached hydrogen (secondary N) is 1. The number of carbonyl (C=O) groups excluding carboxylic acids is 1. The molecule has 0 fully saturated rings. The highest BCUT2D eigenvalue weighted by Crippen LogP contribution is 2.18. The molecule has 0 aliphatic carbocycles. The number of H-pyrrole nitrogens is 1. The average Bonchev–Trinajstić information content (AvgIpc) is 2.41. The van der Waals surface area contributed by atoms with Crippen molar-refractivity contribution in [1.82, 2.24) is 14.5 Å². The molecule has 0 bridgehead atoms. The van der Waals surface area contributed by atoms with Gasteiger partial charge in [-0.2, -0.15) is 13.2 Å². The van der Waals surface area contributed by atoms with Crippen LogP contribution in [0.4, 0.5) is 13.2 Å². The van der Waals surface area contributed by atoms with Crippen molar-refractivity contribution in [2.24, 2.45) is 0 Å². The molecule has 1 aromatic rings. The van der Waals surface area contributed by atoms with Crippen LogP contribution in [0.5, 0.6) is 0 Å². The van der Waals surface area contributed by atoms with Gasteiger partial charge in [0.2, 0.25) is 5.88 Å². The van der Waals surface area contributed by atoms with E-state index in [1.807, 2.05) is 4.98 Å². The summed E-state index contributed by atoms with van der Waals surface area (Å²) in [7, 11) is 2.00. The first kappa shape index (κ1) is 18.3. The fourth-order valence-electron chi connectivity index (χ4n) is 1.74. The average molecular weight is 337 g/mol. The van der Waals surface area contributed by atoms with Gasteiger partial charge in [-0.1, -0.05) is 0 Å². The first-order chi connectivity index (χ1) is 10.5. The number of amides is 1. The molecule has 11 heteroatoms. The second-order valence-corrected chi connectivity index (χ2v) is 4.54. The van der Waals surface area contributed by atoms with E-state index in [0.29, 0.717) is 4.57 Å². The minimum atomic E-state index is -5.09. The minimum Gasteiger partial charge on any atom is -0.507 e. The van der Waals surface area contributed by atoms with Gasteiger partial charge in [0.25, 0.3) is 5.56 Å². The molecule has 0 radical (unpaired) electrons. The summed E-state index contributed by atoms with van der Waals surface area (Å²) in [5, 5.41) is 9.42. The number of aromatic nitrogens is 2. The van der Waals surface area contributed by atoms with Crippen molar-refractivity contribution in [3.8, 4) is 0 Å². The molecule has 1 aromatic heterocycles. The Balaban J connectivity index is 3.30. The molecule has 1 heterocycles. The van der Waals surface area contributed by atoms with Crippen LogP contribution < -0.4 is 11.2 Å². The lowest BCUT2D eigenvalue weighted by molar-refractivity contribution is -0.184. The number of nitrogens with zero attached hydrogens (tertiary/aromatic N) is 2. The third kappa shape index (κ3) is 4.14. The number of aliphatic hydroxyl groups excluding tert-OH is 1. The lowest BCUT2D eigenvalue weighted by atomic mass is 10.3. The van der Waals surface area contributed by atoms with Crippen molar-refractivity contribution in [1.29, 1.82) is 0 Å². The first-order valence-electron chi connectivity index (χ1n) is 6.10. The Morgan fingerprint density at radius 3 is 2.43 bits per heavy atom. The molecule has 8 nitrogen and oxygen atoms in total. The fraction of sp³-hybridized carbons (Fsp3) is 0.417. The van der Waals surface area contributed by atoms with E-state index >= 15 is 0 Å². The SMILES string of the molecule is CO/C(=C(\C)O)n1cc(CN(C)C(=O)C(F)(F)F)c(=O)[nH]c1=O. The Morgan fingerprint density at radius 1 is 1.43 bits per heavy atom. The van der Waals surface area contributed by atoms with Gasteiger partial charge in [0.05, 0.1) is 19.2 Å². The number of rotatable bonds is 4. The number of alkyl halides is 3. The van der Waals surface area contributed by atoms with Gasteiger partial charge in [-0.05, 0) is 6.92 Å². The molecule has 0 spiro atoms. The Hall–Kier alpha value is -2.72.